The summed E-state index contributed by atoms with van der Waals surface area (Å²) in [4.78, 5) is 26.3. The van der Waals surface area contributed by atoms with Crippen molar-refractivity contribution in [3.63, 3.8) is 0 Å². The van der Waals surface area contributed by atoms with Crippen LogP contribution >= 0.6 is 11.6 Å². The van der Waals surface area contributed by atoms with E-state index in [1.54, 1.807) is 10.0 Å². The van der Waals surface area contributed by atoms with E-state index in [-0.39, 0.29) is 23.7 Å². The number of carbonyl (C=O) groups excluding carboxylic acids is 2. The average molecular weight is 402 g/mol. The van der Waals surface area contributed by atoms with Crippen molar-refractivity contribution in [2.75, 3.05) is 6.54 Å². The van der Waals surface area contributed by atoms with Gasteiger partial charge in [-0.3, -0.25) is 14.8 Å². The summed E-state index contributed by atoms with van der Waals surface area (Å²) in [5, 5.41) is 9.99. The molecule has 0 fully saturated rings. The van der Waals surface area contributed by atoms with E-state index in [0.717, 1.165) is 22.2 Å². The average Bonchev–Trinajstić information content (AvgIpc) is 3.01. The molecule has 2 N–H and O–H groups in total. The molecule has 1 aliphatic rings. The zero-order valence-corrected chi connectivity index (χ0v) is 15.5. The van der Waals surface area contributed by atoms with Gasteiger partial charge in [0.2, 0.25) is 0 Å². The Kier molecular flexibility index (Phi) is 4.78. The highest BCUT2D eigenvalue weighted by Gasteiger charge is 2.29. The molecule has 0 saturated carbocycles. The fourth-order valence-electron chi connectivity index (χ4n) is 3.79. The second-order valence-corrected chi connectivity index (χ2v) is 7.04. The van der Waals surface area contributed by atoms with Crippen LogP contribution < -0.4 is 5.48 Å². The van der Waals surface area contributed by atoms with E-state index in [0.29, 0.717) is 13.0 Å². The van der Waals surface area contributed by atoms with Gasteiger partial charge in [0.1, 0.15) is 12.4 Å². The minimum absolute atomic E-state index is 0.0657. The highest BCUT2D eigenvalue weighted by Crippen LogP contribution is 2.32. The third-order valence-electron chi connectivity index (χ3n) is 5.06. The Hall–Kier alpha value is -2.90. The summed E-state index contributed by atoms with van der Waals surface area (Å²) in [6.45, 7) is 0.539. The minimum Gasteiger partial charge on any atom is -0.333 e. The normalized spacial score (nSPS) is 13.5. The van der Waals surface area contributed by atoms with Crippen LogP contribution in [0.3, 0.4) is 0 Å². The van der Waals surface area contributed by atoms with Gasteiger partial charge in [-0.1, -0.05) is 35.9 Å². The zero-order chi connectivity index (χ0) is 19.8. The van der Waals surface area contributed by atoms with E-state index in [9.17, 15) is 14.0 Å². The van der Waals surface area contributed by atoms with Gasteiger partial charge in [0.25, 0.3) is 11.8 Å². The first-order chi connectivity index (χ1) is 13.5. The number of benzene rings is 2. The number of carbonyl (C=O) groups is 2. The van der Waals surface area contributed by atoms with Crippen molar-refractivity contribution in [3.05, 3.63) is 70.1 Å². The Morgan fingerprint density at radius 2 is 1.96 bits per heavy atom. The van der Waals surface area contributed by atoms with E-state index < -0.39 is 17.6 Å². The Labute approximate surface area is 165 Å². The first kappa shape index (κ1) is 18.5. The molecule has 0 saturated heterocycles. The lowest BCUT2D eigenvalue weighted by Crippen LogP contribution is -2.37. The Morgan fingerprint density at radius 3 is 2.71 bits per heavy atom. The van der Waals surface area contributed by atoms with Gasteiger partial charge in [-0.15, -0.1) is 0 Å². The number of aromatic nitrogens is 1. The van der Waals surface area contributed by atoms with Gasteiger partial charge < -0.3 is 9.47 Å². The number of nitrogens with one attached hydrogen (secondary N) is 1. The standard InChI is InChI=1S/C20H17ClFN3O3/c21-14-5-3-6-15(22)19(14)20(27)24-9-8-13-12-4-1-2-7-16(12)25(17(13)10-24)11-18(26)23-28/h1-7,28H,8-11H2,(H,23,26). The number of halogens is 2. The molecule has 3 aromatic rings. The highest BCUT2D eigenvalue weighted by atomic mass is 35.5. The van der Waals surface area contributed by atoms with Crippen LogP contribution in [0.15, 0.2) is 42.5 Å². The van der Waals surface area contributed by atoms with Crippen LogP contribution in [0.5, 0.6) is 0 Å². The molecular weight excluding hydrogens is 385 g/mol. The lowest BCUT2D eigenvalue weighted by Gasteiger charge is -2.29. The van der Waals surface area contributed by atoms with E-state index in [2.05, 4.69) is 0 Å². The number of nitrogens with zero attached hydrogens (tertiary/aromatic N) is 2. The number of amides is 2. The topological polar surface area (TPSA) is 74.6 Å². The number of rotatable bonds is 3. The van der Waals surface area contributed by atoms with Crippen molar-refractivity contribution in [1.82, 2.24) is 14.9 Å². The molecule has 4 rings (SSSR count). The molecule has 0 spiro atoms. The van der Waals surface area contributed by atoms with Crippen LogP contribution in [0, 0.1) is 5.82 Å². The largest absolute Gasteiger partial charge is 0.333 e. The molecule has 1 aliphatic heterocycles. The van der Waals surface area contributed by atoms with Crippen molar-refractivity contribution < 1.29 is 19.2 Å². The molecule has 2 aromatic carbocycles. The van der Waals surface area contributed by atoms with Gasteiger partial charge in [-0.25, -0.2) is 9.87 Å². The van der Waals surface area contributed by atoms with Crippen LogP contribution in [0.4, 0.5) is 4.39 Å². The Morgan fingerprint density at radius 1 is 1.18 bits per heavy atom. The predicted molar refractivity (Wildman–Crippen MR) is 102 cm³/mol. The molecule has 28 heavy (non-hydrogen) atoms. The summed E-state index contributed by atoms with van der Waals surface area (Å²) in [6, 6.07) is 11.8. The lowest BCUT2D eigenvalue weighted by atomic mass is 10.0. The number of hydrogen-bond acceptors (Lipinski definition) is 3. The third kappa shape index (κ3) is 3.02. The van der Waals surface area contributed by atoms with Gasteiger partial charge in [-0.2, -0.15) is 0 Å². The van der Waals surface area contributed by atoms with E-state index >= 15 is 0 Å². The molecule has 6 nitrogen and oxygen atoms in total. The molecule has 0 aliphatic carbocycles. The summed E-state index contributed by atoms with van der Waals surface area (Å²) in [5.41, 5.74) is 4.17. The van der Waals surface area contributed by atoms with Gasteiger partial charge in [-0.05, 0) is 30.2 Å². The molecule has 1 aromatic heterocycles. The predicted octanol–water partition coefficient (Wildman–Crippen LogP) is 3.14. The van der Waals surface area contributed by atoms with Crippen LogP contribution in [0.25, 0.3) is 10.9 Å². The maximum atomic E-state index is 14.2. The molecule has 8 heteroatoms. The summed E-state index contributed by atoms with van der Waals surface area (Å²) in [5.74, 6) is -1.72. The van der Waals surface area contributed by atoms with Crippen LogP contribution in [-0.2, 0) is 24.3 Å². The van der Waals surface area contributed by atoms with Crippen molar-refractivity contribution >= 4 is 34.3 Å². The number of hydrogen-bond donors (Lipinski definition) is 2. The maximum absolute atomic E-state index is 14.2. The maximum Gasteiger partial charge on any atom is 0.263 e. The van der Waals surface area contributed by atoms with Gasteiger partial charge in [0, 0.05) is 23.1 Å². The smallest absolute Gasteiger partial charge is 0.263 e. The fourth-order valence-corrected chi connectivity index (χ4v) is 4.03. The van der Waals surface area contributed by atoms with Crippen LogP contribution in [0.2, 0.25) is 5.02 Å². The van der Waals surface area contributed by atoms with Crippen molar-refractivity contribution in [2.24, 2.45) is 0 Å². The SMILES string of the molecule is O=C(Cn1c2c(c3ccccc31)CCN(C(=O)c1c(F)cccc1Cl)C2)NO. The molecule has 2 amide bonds. The van der Waals surface area contributed by atoms with Gasteiger partial charge >= 0.3 is 0 Å². The molecule has 0 bridgehead atoms. The van der Waals surface area contributed by atoms with Gasteiger partial charge in [0.05, 0.1) is 17.1 Å². The van der Waals surface area contributed by atoms with Crippen molar-refractivity contribution in [3.8, 4) is 0 Å². The van der Waals surface area contributed by atoms with E-state index in [1.807, 2.05) is 24.3 Å². The quantitative estimate of drug-likeness (QED) is 0.523. The van der Waals surface area contributed by atoms with Gasteiger partial charge in [0.15, 0.2) is 0 Å². The molecule has 0 unspecified atom stereocenters. The Balaban J connectivity index is 1.75. The first-order valence-electron chi connectivity index (χ1n) is 8.76. The molecule has 144 valence electrons. The second kappa shape index (κ2) is 7.26. The summed E-state index contributed by atoms with van der Waals surface area (Å²) < 4.78 is 16.0. The highest BCUT2D eigenvalue weighted by molar-refractivity contribution is 6.33. The van der Waals surface area contributed by atoms with Crippen molar-refractivity contribution in [1.29, 1.82) is 0 Å². The molecule has 0 atom stereocenters. The Bertz CT molecular complexity index is 1080. The molecular formula is C20H17ClFN3O3. The number of hydroxylamine groups is 1. The van der Waals surface area contributed by atoms with Crippen molar-refractivity contribution in [2.45, 2.75) is 19.5 Å². The number of para-hydroxylation sites is 1. The molecule has 2 heterocycles. The summed E-state index contributed by atoms with van der Waals surface area (Å²) in [7, 11) is 0. The number of fused-ring (bicyclic) bond motifs is 3. The first-order valence-corrected chi connectivity index (χ1v) is 9.14. The monoisotopic (exact) mass is 401 g/mol. The molecule has 0 radical (unpaired) electrons. The summed E-state index contributed by atoms with van der Waals surface area (Å²) >= 11 is 6.05. The fraction of sp³-hybridized carbons (Fsp3) is 0.200. The second-order valence-electron chi connectivity index (χ2n) is 6.64. The lowest BCUT2D eigenvalue weighted by molar-refractivity contribution is -0.129. The minimum atomic E-state index is -0.663. The zero-order valence-electron chi connectivity index (χ0n) is 14.8. The van der Waals surface area contributed by atoms with E-state index in [1.165, 1.54) is 23.1 Å². The van der Waals surface area contributed by atoms with E-state index in [4.69, 9.17) is 16.8 Å². The summed E-state index contributed by atoms with van der Waals surface area (Å²) in [6.07, 6.45) is 0.571. The third-order valence-corrected chi connectivity index (χ3v) is 5.37. The van der Waals surface area contributed by atoms with Crippen LogP contribution in [0.1, 0.15) is 21.6 Å². The van der Waals surface area contributed by atoms with Crippen LogP contribution in [-0.4, -0.2) is 33.0 Å².